The van der Waals surface area contributed by atoms with Crippen molar-refractivity contribution in [3.05, 3.63) is 53.6 Å². The number of aromatic hydroxyl groups is 3. The first-order valence-electron chi connectivity index (χ1n) is 17.8. The molecule has 0 radical (unpaired) electrons. The van der Waals surface area contributed by atoms with E-state index in [1.807, 2.05) is 0 Å². The molecular weight excluding hydrogens is 768 g/mol. The standard InChI is InChI=1S/C36H48O21/c1-50-20-11-15(3-6-18(20)40)4-7-24(42)56-32-23(14-52-34-29(47)27(45)25(43)21(12-37)53-34)55-35(51-9-8-16-2-5-17(39)19(41)10-16)31(49)33(32)57-36-30(48)28(46)26(44)22(13-38)54-36/h2-7,10-11,21-23,25-41,43-49H,8-9,12-14H2,1H3. The van der Waals surface area contributed by atoms with Gasteiger partial charge in [0.05, 0.1) is 33.5 Å². The van der Waals surface area contributed by atoms with Crippen LogP contribution >= 0.6 is 0 Å². The highest BCUT2D eigenvalue weighted by molar-refractivity contribution is 5.87. The molecule has 3 saturated heterocycles. The average Bonchev–Trinajstić information content (AvgIpc) is 3.20. The van der Waals surface area contributed by atoms with E-state index in [1.54, 1.807) is 0 Å². The molecule has 0 saturated carbocycles. The van der Waals surface area contributed by atoms with Gasteiger partial charge < -0.3 is 99.2 Å². The summed E-state index contributed by atoms with van der Waals surface area (Å²) in [6.45, 7) is -2.52. The summed E-state index contributed by atoms with van der Waals surface area (Å²) in [6, 6.07) is 8.20. The Balaban J connectivity index is 1.45. The van der Waals surface area contributed by atoms with Crippen LogP contribution in [0.4, 0.5) is 0 Å². The summed E-state index contributed by atoms with van der Waals surface area (Å²) >= 11 is 0. The zero-order valence-corrected chi connectivity index (χ0v) is 30.4. The van der Waals surface area contributed by atoms with E-state index in [2.05, 4.69) is 0 Å². The molecule has 3 aliphatic rings. The van der Waals surface area contributed by atoms with Crippen LogP contribution in [0.2, 0.25) is 0 Å². The highest BCUT2D eigenvalue weighted by Crippen LogP contribution is 2.33. The molecule has 12 N–H and O–H groups in total. The Hall–Kier alpha value is -3.75. The maximum atomic E-state index is 13.4. The van der Waals surface area contributed by atoms with Crippen molar-refractivity contribution in [3.8, 4) is 23.0 Å². The van der Waals surface area contributed by atoms with Crippen LogP contribution in [-0.2, 0) is 44.4 Å². The van der Waals surface area contributed by atoms with Crippen LogP contribution in [0.3, 0.4) is 0 Å². The summed E-state index contributed by atoms with van der Waals surface area (Å²) < 4.78 is 45.2. The van der Waals surface area contributed by atoms with E-state index in [0.717, 1.165) is 6.08 Å². The molecule has 57 heavy (non-hydrogen) atoms. The molecule has 15 unspecified atom stereocenters. The zero-order valence-electron chi connectivity index (χ0n) is 30.4. The molecule has 5 rings (SSSR count). The molecule has 3 fully saturated rings. The Labute approximate surface area is 324 Å². The molecule has 15 atom stereocenters. The predicted octanol–water partition coefficient (Wildman–Crippen LogP) is -3.92. The van der Waals surface area contributed by atoms with Crippen molar-refractivity contribution in [3.63, 3.8) is 0 Å². The van der Waals surface area contributed by atoms with Gasteiger partial charge in [-0.3, -0.25) is 0 Å². The van der Waals surface area contributed by atoms with Crippen molar-refractivity contribution in [1.29, 1.82) is 0 Å². The molecule has 0 amide bonds. The van der Waals surface area contributed by atoms with E-state index >= 15 is 0 Å². The number of aliphatic hydroxyl groups is 9. The van der Waals surface area contributed by atoms with Gasteiger partial charge in [-0.2, -0.15) is 0 Å². The lowest BCUT2D eigenvalue weighted by Crippen LogP contribution is -2.66. The first-order valence-corrected chi connectivity index (χ1v) is 17.8. The molecule has 3 aliphatic heterocycles. The average molecular weight is 817 g/mol. The smallest absolute Gasteiger partial charge is 0.331 e. The van der Waals surface area contributed by atoms with Crippen LogP contribution in [0, 0.1) is 0 Å². The zero-order chi connectivity index (χ0) is 41.6. The minimum Gasteiger partial charge on any atom is -0.504 e. The number of phenols is 3. The SMILES string of the molecule is COc1cc(C=CC(=O)OC2C(COC3OC(CO)C(O)C(O)C3O)OC(OCCc3ccc(O)c(O)c3)C(O)C2OC2OC(CO)C(O)C(O)C2O)ccc1O. The highest BCUT2D eigenvalue weighted by atomic mass is 16.8. The second-order valence-corrected chi connectivity index (χ2v) is 13.5. The number of aliphatic hydroxyl groups excluding tert-OH is 9. The summed E-state index contributed by atoms with van der Waals surface area (Å²) in [7, 11) is 1.32. The minimum atomic E-state index is -1.98. The Morgan fingerprint density at radius 3 is 1.89 bits per heavy atom. The molecule has 2 aromatic carbocycles. The Morgan fingerprint density at radius 1 is 0.667 bits per heavy atom. The Morgan fingerprint density at radius 2 is 1.26 bits per heavy atom. The molecule has 2 aromatic rings. The lowest BCUT2D eigenvalue weighted by Gasteiger charge is -2.47. The van der Waals surface area contributed by atoms with E-state index in [4.69, 9.17) is 37.9 Å². The monoisotopic (exact) mass is 816 g/mol. The number of rotatable bonds is 15. The summed E-state index contributed by atoms with van der Waals surface area (Å²) in [4.78, 5) is 13.4. The summed E-state index contributed by atoms with van der Waals surface area (Å²) in [5.41, 5.74) is 0.880. The number of ether oxygens (including phenoxy) is 8. The number of benzene rings is 2. The van der Waals surface area contributed by atoms with E-state index in [1.165, 1.54) is 49.6 Å². The van der Waals surface area contributed by atoms with Gasteiger partial charge in [-0.1, -0.05) is 12.1 Å². The van der Waals surface area contributed by atoms with Gasteiger partial charge in [0, 0.05) is 6.08 Å². The molecule has 0 spiro atoms. The third kappa shape index (κ3) is 10.5. The molecule has 0 aliphatic carbocycles. The van der Waals surface area contributed by atoms with Gasteiger partial charge in [-0.05, 0) is 47.9 Å². The fourth-order valence-corrected chi connectivity index (χ4v) is 6.35. The molecule has 318 valence electrons. The number of hydrogen-bond acceptors (Lipinski definition) is 21. The van der Waals surface area contributed by atoms with Crippen LogP contribution < -0.4 is 4.74 Å². The Kier molecular flexibility index (Phi) is 15.4. The number of phenolic OH excluding ortho intramolecular Hbond substituents is 3. The molecule has 0 bridgehead atoms. The molecule has 0 aromatic heterocycles. The van der Waals surface area contributed by atoms with Gasteiger partial charge in [-0.25, -0.2) is 4.79 Å². The normalized spacial score (nSPS) is 35.9. The lowest BCUT2D eigenvalue weighted by molar-refractivity contribution is -0.366. The van der Waals surface area contributed by atoms with Crippen LogP contribution in [0.5, 0.6) is 23.0 Å². The third-order valence-electron chi connectivity index (χ3n) is 9.61. The fourth-order valence-electron chi connectivity index (χ4n) is 6.35. The van der Waals surface area contributed by atoms with Crippen molar-refractivity contribution in [1.82, 2.24) is 0 Å². The van der Waals surface area contributed by atoms with Crippen LogP contribution in [0.15, 0.2) is 42.5 Å². The second kappa shape index (κ2) is 19.8. The second-order valence-electron chi connectivity index (χ2n) is 13.5. The van der Waals surface area contributed by atoms with Crippen LogP contribution in [0.1, 0.15) is 11.1 Å². The lowest BCUT2D eigenvalue weighted by atomic mass is 9.96. The van der Waals surface area contributed by atoms with E-state index in [9.17, 15) is 66.1 Å². The summed E-state index contributed by atoms with van der Waals surface area (Å²) in [6.07, 6.45) is -23.8. The fraction of sp³-hybridized carbons (Fsp3) is 0.583. The van der Waals surface area contributed by atoms with E-state index in [0.29, 0.717) is 11.1 Å². The molecular formula is C36H48O21. The largest absolute Gasteiger partial charge is 0.504 e. The number of carbonyl (C=O) groups excluding carboxylic acids is 1. The first-order chi connectivity index (χ1) is 27.2. The Bertz CT molecular complexity index is 1640. The number of hydrogen-bond donors (Lipinski definition) is 12. The molecule has 21 heteroatoms. The van der Waals surface area contributed by atoms with Gasteiger partial charge in [0.1, 0.15) is 67.1 Å². The maximum absolute atomic E-state index is 13.4. The van der Waals surface area contributed by atoms with Crippen LogP contribution in [0.25, 0.3) is 6.08 Å². The van der Waals surface area contributed by atoms with Crippen molar-refractivity contribution < 1.29 is 104 Å². The predicted molar refractivity (Wildman–Crippen MR) is 186 cm³/mol. The highest BCUT2D eigenvalue weighted by Gasteiger charge is 2.53. The van der Waals surface area contributed by atoms with Crippen molar-refractivity contribution in [2.75, 3.05) is 33.5 Å². The number of carbonyl (C=O) groups is 1. The van der Waals surface area contributed by atoms with Crippen molar-refractivity contribution in [2.45, 2.75) is 98.5 Å². The maximum Gasteiger partial charge on any atom is 0.331 e. The summed E-state index contributed by atoms with van der Waals surface area (Å²) in [5.74, 6) is -1.91. The van der Waals surface area contributed by atoms with Gasteiger partial charge >= 0.3 is 5.97 Å². The summed E-state index contributed by atoms with van der Waals surface area (Å²) in [5, 5.41) is 123. The van der Waals surface area contributed by atoms with Crippen molar-refractivity contribution >= 4 is 12.0 Å². The third-order valence-corrected chi connectivity index (χ3v) is 9.61. The first kappa shape index (κ1) is 44.4. The van der Waals surface area contributed by atoms with Gasteiger partial charge in [0.2, 0.25) is 0 Å². The van der Waals surface area contributed by atoms with Gasteiger partial charge in [0.15, 0.2) is 48.0 Å². The van der Waals surface area contributed by atoms with E-state index < -0.39 is 124 Å². The topological polar surface area (TPSA) is 334 Å². The van der Waals surface area contributed by atoms with Gasteiger partial charge in [-0.15, -0.1) is 0 Å². The molecule has 3 heterocycles. The quantitative estimate of drug-likeness (QED) is 0.0464. The van der Waals surface area contributed by atoms with Crippen LogP contribution in [-0.4, -0.2) is 193 Å². The van der Waals surface area contributed by atoms with Gasteiger partial charge in [0.25, 0.3) is 0 Å². The molecule has 21 nitrogen and oxygen atoms in total. The number of esters is 1. The number of methoxy groups -OCH3 is 1. The van der Waals surface area contributed by atoms with Crippen molar-refractivity contribution in [2.24, 2.45) is 0 Å². The minimum absolute atomic E-state index is 0.0932. The van der Waals surface area contributed by atoms with E-state index in [-0.39, 0.29) is 30.3 Å².